The first-order valence-corrected chi connectivity index (χ1v) is 2.81. The van der Waals surface area contributed by atoms with Crippen molar-refractivity contribution in [2.24, 2.45) is 0 Å². The molecule has 0 fully saturated rings. The van der Waals surface area contributed by atoms with Gasteiger partial charge in [-0.25, -0.2) is 8.60 Å². The molecule has 0 bridgehead atoms. The van der Waals surface area contributed by atoms with Gasteiger partial charge in [0.05, 0.1) is 11.4 Å². The minimum absolute atomic E-state index is 0. The van der Waals surface area contributed by atoms with Crippen LogP contribution in [0.25, 0.3) is 0 Å². The summed E-state index contributed by atoms with van der Waals surface area (Å²) in [5.74, 6) is 0. The molecular weight excluding hydrogens is 219 g/mol. The molecule has 3 nitrogen and oxygen atoms in total. The Bertz CT molecular complexity index is 138. The molecule has 0 aromatic rings. The van der Waals surface area contributed by atoms with Gasteiger partial charge in [0.15, 0.2) is 0 Å². The van der Waals surface area contributed by atoms with Gasteiger partial charge >= 0.3 is 63.9 Å². The molecule has 0 aliphatic carbocycles. The van der Waals surface area contributed by atoms with Crippen molar-refractivity contribution in [1.82, 2.24) is 0 Å². The van der Waals surface area contributed by atoms with Crippen molar-refractivity contribution in [3.05, 3.63) is 0 Å². The normalized spacial score (nSPS) is 16.8. The van der Waals surface area contributed by atoms with E-state index in [9.17, 15) is 26.3 Å². The maximum absolute atomic E-state index is 11.4. The van der Waals surface area contributed by atoms with Gasteiger partial charge in [-0.3, -0.25) is 4.18 Å². The summed E-state index contributed by atoms with van der Waals surface area (Å²) in [5.41, 5.74) is 0. The Morgan fingerprint density at radius 3 is 1.91 bits per heavy atom. The SMILES string of the molecule is O=S([O-])OC(F)C(F)(F)F.[K+]. The Kier molecular flexibility index (Phi) is 8.10. The fourth-order valence-electron chi connectivity index (χ4n) is 0.124. The van der Waals surface area contributed by atoms with E-state index >= 15 is 0 Å². The van der Waals surface area contributed by atoms with Gasteiger partial charge in [0.1, 0.15) is 0 Å². The van der Waals surface area contributed by atoms with Crippen molar-refractivity contribution >= 4 is 11.4 Å². The van der Waals surface area contributed by atoms with Gasteiger partial charge in [0.25, 0.3) is 0 Å². The zero-order valence-corrected chi connectivity index (χ0v) is 9.16. The van der Waals surface area contributed by atoms with E-state index in [1.54, 1.807) is 0 Å². The molecule has 0 aliphatic heterocycles. The molecule has 11 heavy (non-hydrogen) atoms. The first kappa shape index (κ1) is 14.9. The third kappa shape index (κ3) is 7.78. The average molecular weight is 220 g/mol. The van der Waals surface area contributed by atoms with Crippen molar-refractivity contribution in [1.29, 1.82) is 0 Å². The minimum Gasteiger partial charge on any atom is -0.750 e. The van der Waals surface area contributed by atoms with Crippen LogP contribution in [0.1, 0.15) is 0 Å². The van der Waals surface area contributed by atoms with E-state index in [2.05, 4.69) is 4.18 Å². The van der Waals surface area contributed by atoms with Crippen LogP contribution in [-0.4, -0.2) is 21.3 Å². The predicted octanol–water partition coefficient (Wildman–Crippen LogP) is -2.34. The van der Waals surface area contributed by atoms with Crippen molar-refractivity contribution < 1.29 is 81.9 Å². The number of rotatable bonds is 2. The van der Waals surface area contributed by atoms with Crippen molar-refractivity contribution in [3.8, 4) is 0 Å². The molecule has 0 aromatic heterocycles. The first-order chi connectivity index (χ1) is 4.34. The maximum Gasteiger partial charge on any atom is 1.00 e. The Labute approximate surface area is 104 Å². The van der Waals surface area contributed by atoms with E-state index in [0.29, 0.717) is 0 Å². The summed E-state index contributed by atoms with van der Waals surface area (Å²) in [4.78, 5) is 0. The average Bonchev–Trinajstić information content (AvgIpc) is 1.60. The van der Waals surface area contributed by atoms with Gasteiger partial charge in [-0.05, 0) is 0 Å². The summed E-state index contributed by atoms with van der Waals surface area (Å²) in [7, 11) is 0. The fraction of sp³-hybridized carbons (Fsp3) is 1.00. The van der Waals surface area contributed by atoms with Crippen molar-refractivity contribution in [2.45, 2.75) is 12.5 Å². The number of alkyl halides is 4. The van der Waals surface area contributed by atoms with Crippen molar-refractivity contribution in [2.75, 3.05) is 0 Å². The smallest absolute Gasteiger partial charge is 0.750 e. The molecule has 0 radical (unpaired) electrons. The molecule has 0 spiro atoms. The molecule has 0 aliphatic rings. The van der Waals surface area contributed by atoms with Crippen LogP contribution in [0, 0.1) is 0 Å². The van der Waals surface area contributed by atoms with Gasteiger partial charge in [-0.15, -0.1) is 0 Å². The summed E-state index contributed by atoms with van der Waals surface area (Å²) >= 11 is -3.49. The second-order valence-electron chi connectivity index (χ2n) is 1.16. The van der Waals surface area contributed by atoms with E-state index in [4.69, 9.17) is 0 Å². The van der Waals surface area contributed by atoms with Crippen LogP contribution in [0.15, 0.2) is 0 Å². The zero-order chi connectivity index (χ0) is 8.36. The molecule has 62 valence electrons. The number of hydrogen-bond acceptors (Lipinski definition) is 3. The number of halogens is 4. The van der Waals surface area contributed by atoms with Crippen LogP contribution in [0.4, 0.5) is 17.6 Å². The molecule has 2 unspecified atom stereocenters. The Balaban J connectivity index is 0. The van der Waals surface area contributed by atoms with E-state index in [1.165, 1.54) is 0 Å². The van der Waals surface area contributed by atoms with E-state index in [0.717, 1.165) is 0 Å². The second kappa shape index (κ2) is 5.97. The standard InChI is InChI=1S/C2H2F4O3S.K/c3-1(2(4,5)6)9-10(7)8;/h1H,(H,7,8);/q;+1/p-1. The topological polar surface area (TPSA) is 49.4 Å². The van der Waals surface area contributed by atoms with E-state index in [1.807, 2.05) is 0 Å². The summed E-state index contributed by atoms with van der Waals surface area (Å²) in [6.45, 7) is 0. The molecular formula is C2HF4KO3S. The van der Waals surface area contributed by atoms with Crippen LogP contribution in [0.3, 0.4) is 0 Å². The van der Waals surface area contributed by atoms with E-state index < -0.39 is 23.9 Å². The third-order valence-corrected chi connectivity index (χ3v) is 0.746. The van der Waals surface area contributed by atoms with Gasteiger partial charge < -0.3 is 4.55 Å². The summed E-state index contributed by atoms with van der Waals surface area (Å²) in [6.07, 6.45) is -9.06. The number of hydrogen-bond donors (Lipinski definition) is 0. The molecule has 0 rings (SSSR count). The molecule has 0 N–H and O–H groups in total. The molecule has 0 saturated heterocycles. The van der Waals surface area contributed by atoms with Crippen LogP contribution in [0.2, 0.25) is 0 Å². The van der Waals surface area contributed by atoms with Gasteiger partial charge in [-0.2, -0.15) is 13.2 Å². The predicted molar refractivity (Wildman–Crippen MR) is 21.0 cm³/mol. The quantitative estimate of drug-likeness (QED) is 0.298. The third-order valence-electron chi connectivity index (χ3n) is 0.420. The summed E-state index contributed by atoms with van der Waals surface area (Å²) in [6, 6.07) is 0. The molecule has 0 saturated carbocycles. The minimum atomic E-state index is -5.29. The van der Waals surface area contributed by atoms with Gasteiger partial charge in [0.2, 0.25) is 0 Å². The molecule has 0 heterocycles. The van der Waals surface area contributed by atoms with Gasteiger partial charge in [0, 0.05) is 0 Å². The fourth-order valence-corrected chi connectivity index (χ4v) is 0.371. The Hall–Kier alpha value is 1.43. The van der Waals surface area contributed by atoms with Gasteiger partial charge in [-0.1, -0.05) is 0 Å². The molecule has 2 atom stereocenters. The summed E-state index contributed by atoms with van der Waals surface area (Å²) < 4.78 is 65.9. The van der Waals surface area contributed by atoms with Crippen LogP contribution in [0.5, 0.6) is 0 Å². The largest absolute Gasteiger partial charge is 1.00 e. The maximum atomic E-state index is 11.4. The van der Waals surface area contributed by atoms with E-state index in [-0.39, 0.29) is 51.4 Å². The molecule has 0 amide bonds. The zero-order valence-electron chi connectivity index (χ0n) is 5.22. The monoisotopic (exact) mass is 220 g/mol. The second-order valence-corrected chi connectivity index (χ2v) is 1.76. The molecule has 0 aromatic carbocycles. The summed E-state index contributed by atoms with van der Waals surface area (Å²) in [5, 5.41) is 0. The first-order valence-electron chi connectivity index (χ1n) is 1.81. The Morgan fingerprint density at radius 2 is 1.82 bits per heavy atom. The molecule has 9 heteroatoms. The van der Waals surface area contributed by atoms with Crippen molar-refractivity contribution in [3.63, 3.8) is 0 Å². The van der Waals surface area contributed by atoms with Crippen LogP contribution >= 0.6 is 0 Å². The van der Waals surface area contributed by atoms with Crippen LogP contribution in [-0.2, 0) is 15.5 Å². The Morgan fingerprint density at radius 1 is 1.45 bits per heavy atom. The van der Waals surface area contributed by atoms with Crippen LogP contribution < -0.4 is 51.4 Å².